The zero-order valence-electron chi connectivity index (χ0n) is 7.36. The number of aryl methyl sites for hydroxylation is 1. The molecule has 0 unspecified atom stereocenters. The van der Waals surface area contributed by atoms with E-state index >= 15 is 0 Å². The summed E-state index contributed by atoms with van der Waals surface area (Å²) < 4.78 is 1.98. The second-order valence-electron chi connectivity index (χ2n) is 2.79. The van der Waals surface area contributed by atoms with Crippen LogP contribution in [-0.2, 0) is 13.6 Å². The van der Waals surface area contributed by atoms with Gasteiger partial charge in [-0.2, -0.15) is 5.10 Å². The number of nitrogens with one attached hydrogen (secondary N) is 2. The number of rotatable bonds is 3. The molecule has 0 amide bonds. The third-order valence-corrected chi connectivity index (χ3v) is 1.87. The summed E-state index contributed by atoms with van der Waals surface area (Å²) in [6.45, 7) is 0.711. The Hall–Kier alpha value is -1.78. The number of hydrogen-bond acceptors (Lipinski definition) is 3. The fraction of sp³-hybridized carbons (Fsp3) is 0.250. The van der Waals surface area contributed by atoms with Gasteiger partial charge in [-0.05, 0) is 0 Å². The largest absolute Gasteiger partial charge is 0.375 e. The van der Waals surface area contributed by atoms with E-state index in [0.717, 1.165) is 11.5 Å². The van der Waals surface area contributed by atoms with Crippen LogP contribution in [0.2, 0.25) is 0 Å². The molecule has 0 aliphatic carbocycles. The molecule has 2 heterocycles. The van der Waals surface area contributed by atoms with Gasteiger partial charge in [-0.3, -0.25) is 5.10 Å². The van der Waals surface area contributed by atoms with Crippen molar-refractivity contribution >= 4 is 5.69 Å². The van der Waals surface area contributed by atoms with Crippen LogP contribution in [0.25, 0.3) is 0 Å². The number of imidazole rings is 1. The Morgan fingerprint density at radius 3 is 3.15 bits per heavy atom. The van der Waals surface area contributed by atoms with Crippen molar-refractivity contribution in [3.05, 3.63) is 30.6 Å². The van der Waals surface area contributed by atoms with Gasteiger partial charge in [0.2, 0.25) is 0 Å². The standard InChI is InChI=1S/C8H11N5/c1-13-3-2-9-8(13)6-10-7-4-11-12-5-7/h2-5,10H,6H2,1H3,(H,11,12). The highest BCUT2D eigenvalue weighted by Gasteiger charge is 1.98. The monoisotopic (exact) mass is 177 g/mol. The molecular weight excluding hydrogens is 166 g/mol. The molecule has 0 fully saturated rings. The lowest BCUT2D eigenvalue weighted by atomic mass is 10.5. The lowest BCUT2D eigenvalue weighted by Crippen LogP contribution is -2.04. The fourth-order valence-electron chi connectivity index (χ4n) is 1.10. The third kappa shape index (κ3) is 1.69. The zero-order chi connectivity index (χ0) is 9.10. The molecule has 0 aliphatic heterocycles. The summed E-state index contributed by atoms with van der Waals surface area (Å²) in [5.41, 5.74) is 0.975. The number of nitrogens with zero attached hydrogens (tertiary/aromatic N) is 3. The van der Waals surface area contributed by atoms with Crippen molar-refractivity contribution in [2.45, 2.75) is 6.54 Å². The van der Waals surface area contributed by atoms with E-state index in [0.29, 0.717) is 6.54 Å². The van der Waals surface area contributed by atoms with Gasteiger partial charge in [0.05, 0.1) is 18.4 Å². The molecule has 0 saturated heterocycles. The van der Waals surface area contributed by atoms with E-state index in [1.54, 1.807) is 12.4 Å². The highest BCUT2D eigenvalue weighted by molar-refractivity contribution is 5.37. The van der Waals surface area contributed by atoms with Crippen LogP contribution in [0.3, 0.4) is 0 Å². The van der Waals surface area contributed by atoms with Crippen molar-refractivity contribution in [3.63, 3.8) is 0 Å². The van der Waals surface area contributed by atoms with Crippen LogP contribution >= 0.6 is 0 Å². The van der Waals surface area contributed by atoms with Crippen molar-refractivity contribution < 1.29 is 0 Å². The molecule has 5 nitrogen and oxygen atoms in total. The Balaban J connectivity index is 1.97. The first-order valence-electron chi connectivity index (χ1n) is 4.05. The van der Waals surface area contributed by atoms with Crippen molar-refractivity contribution in [1.29, 1.82) is 0 Å². The molecule has 0 spiro atoms. The minimum Gasteiger partial charge on any atom is -0.375 e. The number of hydrogen-bond donors (Lipinski definition) is 2. The van der Waals surface area contributed by atoms with Crippen molar-refractivity contribution in [1.82, 2.24) is 19.7 Å². The maximum atomic E-state index is 4.19. The molecule has 0 atom stereocenters. The van der Waals surface area contributed by atoms with E-state index in [-0.39, 0.29) is 0 Å². The molecule has 0 radical (unpaired) electrons. The van der Waals surface area contributed by atoms with Crippen molar-refractivity contribution in [2.75, 3.05) is 5.32 Å². The van der Waals surface area contributed by atoms with Crippen LogP contribution in [0.5, 0.6) is 0 Å². The first kappa shape index (κ1) is 7.85. The second-order valence-corrected chi connectivity index (χ2v) is 2.79. The molecule has 0 bridgehead atoms. The Bertz CT molecular complexity index is 362. The summed E-state index contributed by atoms with van der Waals surface area (Å²) in [4.78, 5) is 4.19. The van der Waals surface area contributed by atoms with Crippen LogP contribution in [0.15, 0.2) is 24.8 Å². The molecule has 2 rings (SSSR count). The third-order valence-electron chi connectivity index (χ3n) is 1.87. The molecular formula is C8H11N5. The Morgan fingerprint density at radius 2 is 2.54 bits per heavy atom. The van der Waals surface area contributed by atoms with Crippen LogP contribution < -0.4 is 5.32 Å². The van der Waals surface area contributed by atoms with Crippen LogP contribution in [0.1, 0.15) is 5.82 Å². The van der Waals surface area contributed by atoms with Gasteiger partial charge in [-0.25, -0.2) is 4.98 Å². The van der Waals surface area contributed by atoms with Gasteiger partial charge in [0.15, 0.2) is 0 Å². The average molecular weight is 177 g/mol. The number of anilines is 1. The van der Waals surface area contributed by atoms with Gasteiger partial charge < -0.3 is 9.88 Å². The van der Waals surface area contributed by atoms with Gasteiger partial charge in [-0.15, -0.1) is 0 Å². The highest BCUT2D eigenvalue weighted by atomic mass is 15.1. The minimum absolute atomic E-state index is 0.711. The van der Waals surface area contributed by atoms with Gasteiger partial charge in [0.25, 0.3) is 0 Å². The molecule has 0 saturated carbocycles. The van der Waals surface area contributed by atoms with E-state index in [1.165, 1.54) is 0 Å². The van der Waals surface area contributed by atoms with E-state index in [4.69, 9.17) is 0 Å². The second kappa shape index (κ2) is 3.30. The summed E-state index contributed by atoms with van der Waals surface area (Å²) in [7, 11) is 1.97. The summed E-state index contributed by atoms with van der Waals surface area (Å²) in [5, 5.41) is 9.76. The Morgan fingerprint density at radius 1 is 1.62 bits per heavy atom. The van der Waals surface area contributed by atoms with Crippen LogP contribution in [-0.4, -0.2) is 19.7 Å². The van der Waals surface area contributed by atoms with Gasteiger partial charge in [0, 0.05) is 25.6 Å². The summed E-state index contributed by atoms with van der Waals surface area (Å²) in [6.07, 6.45) is 7.25. The molecule has 2 aromatic heterocycles. The molecule has 2 aromatic rings. The lowest BCUT2D eigenvalue weighted by molar-refractivity contribution is 0.813. The molecule has 0 aliphatic rings. The van der Waals surface area contributed by atoms with E-state index in [2.05, 4.69) is 20.5 Å². The van der Waals surface area contributed by atoms with E-state index in [9.17, 15) is 0 Å². The average Bonchev–Trinajstić information content (AvgIpc) is 2.72. The summed E-state index contributed by atoms with van der Waals surface area (Å²) in [6, 6.07) is 0. The quantitative estimate of drug-likeness (QED) is 0.727. The van der Waals surface area contributed by atoms with Gasteiger partial charge in [0.1, 0.15) is 5.82 Å². The topological polar surface area (TPSA) is 58.5 Å². The van der Waals surface area contributed by atoms with Crippen molar-refractivity contribution in [2.24, 2.45) is 7.05 Å². The molecule has 13 heavy (non-hydrogen) atoms. The SMILES string of the molecule is Cn1ccnc1CNc1cn[nH]c1. The molecule has 2 N–H and O–H groups in total. The normalized spacial score (nSPS) is 10.2. The summed E-state index contributed by atoms with van der Waals surface area (Å²) >= 11 is 0. The first-order chi connectivity index (χ1) is 6.36. The minimum atomic E-state index is 0.711. The highest BCUT2D eigenvalue weighted by Crippen LogP contribution is 2.03. The predicted octanol–water partition coefficient (Wildman–Crippen LogP) is 0.755. The Labute approximate surface area is 75.8 Å². The lowest BCUT2D eigenvalue weighted by Gasteiger charge is -2.02. The van der Waals surface area contributed by atoms with E-state index < -0.39 is 0 Å². The fourth-order valence-corrected chi connectivity index (χ4v) is 1.10. The van der Waals surface area contributed by atoms with Gasteiger partial charge in [-0.1, -0.05) is 0 Å². The maximum Gasteiger partial charge on any atom is 0.127 e. The van der Waals surface area contributed by atoms with Gasteiger partial charge >= 0.3 is 0 Å². The van der Waals surface area contributed by atoms with E-state index in [1.807, 2.05) is 24.0 Å². The molecule has 68 valence electrons. The van der Waals surface area contributed by atoms with Crippen LogP contribution in [0, 0.1) is 0 Å². The predicted molar refractivity (Wildman–Crippen MR) is 49.1 cm³/mol. The zero-order valence-corrected chi connectivity index (χ0v) is 7.36. The Kier molecular flexibility index (Phi) is 1.99. The number of aromatic amines is 1. The van der Waals surface area contributed by atoms with Crippen LogP contribution in [0.4, 0.5) is 5.69 Å². The summed E-state index contributed by atoms with van der Waals surface area (Å²) in [5.74, 6) is 1.00. The number of aromatic nitrogens is 4. The molecule has 0 aromatic carbocycles. The molecule has 5 heteroatoms. The first-order valence-corrected chi connectivity index (χ1v) is 4.05. The smallest absolute Gasteiger partial charge is 0.127 e. The maximum absolute atomic E-state index is 4.19. The van der Waals surface area contributed by atoms with Crippen molar-refractivity contribution in [3.8, 4) is 0 Å². The number of H-pyrrole nitrogens is 1.